The molecule has 0 radical (unpaired) electrons. The molecule has 1 fully saturated rings. The van der Waals surface area contributed by atoms with E-state index >= 15 is 0 Å². The molecule has 3 aromatic rings. The van der Waals surface area contributed by atoms with Crippen LogP contribution in [0.5, 0.6) is 0 Å². The third-order valence-corrected chi connectivity index (χ3v) is 6.90. The topological polar surface area (TPSA) is 48.1 Å². The Morgan fingerprint density at radius 3 is 2.79 bits per heavy atom. The highest BCUT2D eigenvalue weighted by atomic mass is 15.3. The highest BCUT2D eigenvalue weighted by molar-refractivity contribution is 5.78. The lowest BCUT2D eigenvalue weighted by molar-refractivity contribution is 0.00240. The van der Waals surface area contributed by atoms with Crippen LogP contribution in [0.1, 0.15) is 49.7 Å². The van der Waals surface area contributed by atoms with Gasteiger partial charge in [0, 0.05) is 43.7 Å². The molecule has 1 saturated heterocycles. The van der Waals surface area contributed by atoms with Crippen LogP contribution in [0.3, 0.4) is 0 Å². The molecule has 2 aromatic heterocycles. The molecule has 2 aliphatic rings. The fourth-order valence-corrected chi connectivity index (χ4v) is 5.26. The van der Waals surface area contributed by atoms with E-state index in [0.29, 0.717) is 0 Å². The molecule has 5 rings (SSSR count). The third-order valence-electron chi connectivity index (χ3n) is 6.90. The molecular formula is C24H31N5. The summed E-state index contributed by atoms with van der Waals surface area (Å²) in [7, 11) is 0. The Labute approximate surface area is 173 Å². The number of fused-ring (bicyclic) bond motifs is 3. The summed E-state index contributed by atoms with van der Waals surface area (Å²) in [4.78, 5) is 18.4. The van der Waals surface area contributed by atoms with Crippen molar-refractivity contribution in [1.82, 2.24) is 24.8 Å². The first-order valence-electron chi connectivity index (χ1n) is 11.1. The number of unbranched alkanes of at least 4 members (excludes halogenated alkanes) is 1. The van der Waals surface area contributed by atoms with Gasteiger partial charge in [0.1, 0.15) is 0 Å². The summed E-state index contributed by atoms with van der Waals surface area (Å²) < 4.78 is 0. The van der Waals surface area contributed by atoms with Crippen molar-refractivity contribution in [2.45, 2.75) is 51.1 Å². The van der Waals surface area contributed by atoms with Gasteiger partial charge in [-0.3, -0.25) is 14.8 Å². The summed E-state index contributed by atoms with van der Waals surface area (Å²) in [5.74, 6) is 0. The highest BCUT2D eigenvalue weighted by Gasteiger charge is 2.46. The number of nitrogens with one attached hydrogen (secondary N) is 1. The Balaban J connectivity index is 1.32. The maximum atomic E-state index is 4.89. The van der Waals surface area contributed by atoms with Gasteiger partial charge in [0.25, 0.3) is 0 Å². The molecule has 1 spiro atoms. The number of pyridine rings is 1. The predicted molar refractivity (Wildman–Crippen MR) is 117 cm³/mol. The van der Waals surface area contributed by atoms with Crippen LogP contribution >= 0.6 is 0 Å². The molecule has 1 N–H and O–H groups in total. The summed E-state index contributed by atoms with van der Waals surface area (Å²) in [6.07, 6.45) is 7.84. The average molecular weight is 390 g/mol. The average Bonchev–Trinajstić information content (AvgIpc) is 3.25. The van der Waals surface area contributed by atoms with Crippen molar-refractivity contribution in [3.8, 4) is 0 Å². The molecule has 0 bridgehead atoms. The summed E-state index contributed by atoms with van der Waals surface area (Å²) in [5.41, 5.74) is 5.07. The lowest BCUT2D eigenvalue weighted by Crippen LogP contribution is -2.56. The van der Waals surface area contributed by atoms with Gasteiger partial charge >= 0.3 is 0 Å². The Morgan fingerprint density at radius 1 is 1.07 bits per heavy atom. The molecule has 152 valence electrons. The third kappa shape index (κ3) is 3.47. The summed E-state index contributed by atoms with van der Waals surface area (Å²) >= 11 is 0. The maximum Gasteiger partial charge on any atom is 0.0926 e. The van der Waals surface area contributed by atoms with Crippen molar-refractivity contribution in [2.24, 2.45) is 0 Å². The zero-order valence-electron chi connectivity index (χ0n) is 17.4. The van der Waals surface area contributed by atoms with Crippen molar-refractivity contribution < 1.29 is 0 Å². The van der Waals surface area contributed by atoms with E-state index in [-0.39, 0.29) is 5.54 Å². The SMILES string of the molecule is CCCCN1CCc2[nH]cnc2C12CCN(Cc1ccc3ccccc3n1)CC2. The number of hydrogen-bond acceptors (Lipinski definition) is 4. The molecule has 0 unspecified atom stereocenters. The van der Waals surface area contributed by atoms with Crippen LogP contribution in [-0.2, 0) is 18.5 Å². The van der Waals surface area contributed by atoms with Crippen LogP contribution in [0.15, 0.2) is 42.7 Å². The van der Waals surface area contributed by atoms with Gasteiger partial charge in [-0.05, 0) is 37.9 Å². The number of imidazole rings is 1. The standard InChI is InChI=1S/C24H31N5/c1-2-3-13-29-14-10-22-23(26-18-25-22)24(29)11-15-28(16-12-24)17-20-9-8-19-6-4-5-7-21(19)27-20/h4-9,18H,2-3,10-17H2,1H3,(H,25,26). The number of likely N-dealkylation sites (tertiary alicyclic amines) is 1. The van der Waals surface area contributed by atoms with Crippen LogP contribution in [0.2, 0.25) is 0 Å². The van der Waals surface area contributed by atoms with Crippen molar-refractivity contribution in [3.05, 3.63) is 59.8 Å². The number of rotatable bonds is 5. The van der Waals surface area contributed by atoms with Crippen LogP contribution < -0.4 is 0 Å². The largest absolute Gasteiger partial charge is 0.348 e. The Bertz CT molecular complexity index is 970. The van der Waals surface area contributed by atoms with Crippen molar-refractivity contribution >= 4 is 10.9 Å². The Kier molecular flexibility index (Phi) is 5.10. The number of hydrogen-bond donors (Lipinski definition) is 1. The molecule has 2 aliphatic heterocycles. The zero-order chi connectivity index (χ0) is 19.7. The van der Waals surface area contributed by atoms with E-state index in [9.17, 15) is 0 Å². The van der Waals surface area contributed by atoms with Gasteiger partial charge in [0.2, 0.25) is 0 Å². The summed E-state index contributed by atoms with van der Waals surface area (Å²) in [6, 6.07) is 12.8. The quantitative estimate of drug-likeness (QED) is 0.713. The minimum atomic E-state index is 0.121. The molecule has 5 nitrogen and oxygen atoms in total. The summed E-state index contributed by atoms with van der Waals surface area (Å²) in [5, 5.41) is 1.22. The Hall–Kier alpha value is -2.24. The second kappa shape index (κ2) is 7.88. The molecule has 0 saturated carbocycles. The van der Waals surface area contributed by atoms with Gasteiger partial charge in [-0.25, -0.2) is 4.98 Å². The molecule has 5 heteroatoms. The lowest BCUT2D eigenvalue weighted by Gasteiger charge is -2.50. The molecule has 1 aromatic carbocycles. The first-order chi connectivity index (χ1) is 14.3. The summed E-state index contributed by atoms with van der Waals surface area (Å²) in [6.45, 7) is 7.77. The second-order valence-corrected chi connectivity index (χ2v) is 8.62. The monoisotopic (exact) mass is 389 g/mol. The van der Waals surface area contributed by atoms with Crippen molar-refractivity contribution in [1.29, 1.82) is 0 Å². The minimum absolute atomic E-state index is 0.121. The van der Waals surface area contributed by atoms with E-state index in [0.717, 1.165) is 51.0 Å². The number of nitrogens with zero attached hydrogens (tertiary/aromatic N) is 4. The van der Waals surface area contributed by atoms with Crippen LogP contribution in [-0.4, -0.2) is 50.9 Å². The lowest BCUT2D eigenvalue weighted by atomic mass is 9.78. The van der Waals surface area contributed by atoms with Crippen molar-refractivity contribution in [3.63, 3.8) is 0 Å². The van der Waals surface area contributed by atoms with Crippen LogP contribution in [0.25, 0.3) is 10.9 Å². The van der Waals surface area contributed by atoms with Gasteiger partial charge in [0.05, 0.1) is 28.8 Å². The number of H-pyrrole nitrogens is 1. The zero-order valence-corrected chi connectivity index (χ0v) is 17.4. The van der Waals surface area contributed by atoms with E-state index < -0.39 is 0 Å². The maximum absolute atomic E-state index is 4.89. The molecule has 0 amide bonds. The fraction of sp³-hybridized carbons (Fsp3) is 0.500. The van der Waals surface area contributed by atoms with Gasteiger partial charge in [0.15, 0.2) is 0 Å². The number of aromatic nitrogens is 3. The smallest absolute Gasteiger partial charge is 0.0926 e. The first-order valence-corrected chi connectivity index (χ1v) is 11.1. The van der Waals surface area contributed by atoms with E-state index in [1.54, 1.807) is 0 Å². The molecule has 4 heterocycles. The minimum Gasteiger partial charge on any atom is -0.348 e. The van der Waals surface area contributed by atoms with E-state index in [4.69, 9.17) is 9.97 Å². The van der Waals surface area contributed by atoms with Gasteiger partial charge in [-0.1, -0.05) is 37.6 Å². The van der Waals surface area contributed by atoms with E-state index in [2.05, 4.69) is 58.1 Å². The second-order valence-electron chi connectivity index (χ2n) is 8.62. The van der Waals surface area contributed by atoms with Crippen LogP contribution in [0, 0.1) is 0 Å². The van der Waals surface area contributed by atoms with Gasteiger partial charge in [-0.15, -0.1) is 0 Å². The number of para-hydroxylation sites is 1. The number of benzene rings is 1. The van der Waals surface area contributed by atoms with Crippen molar-refractivity contribution in [2.75, 3.05) is 26.2 Å². The van der Waals surface area contributed by atoms with E-state index in [1.165, 1.54) is 41.9 Å². The molecular weight excluding hydrogens is 358 g/mol. The highest BCUT2D eigenvalue weighted by Crippen LogP contribution is 2.42. The normalized spacial score (nSPS) is 19.6. The number of piperidine rings is 1. The molecule has 0 atom stereocenters. The van der Waals surface area contributed by atoms with Gasteiger partial charge < -0.3 is 4.98 Å². The van der Waals surface area contributed by atoms with Gasteiger partial charge in [-0.2, -0.15) is 0 Å². The van der Waals surface area contributed by atoms with E-state index in [1.807, 2.05) is 6.33 Å². The predicted octanol–water partition coefficient (Wildman–Crippen LogP) is 4.11. The molecule has 29 heavy (non-hydrogen) atoms. The first kappa shape index (κ1) is 18.8. The Morgan fingerprint density at radius 2 is 1.93 bits per heavy atom. The van der Waals surface area contributed by atoms with Crippen LogP contribution in [0.4, 0.5) is 0 Å². The number of aromatic amines is 1. The molecule has 0 aliphatic carbocycles. The fourth-order valence-electron chi connectivity index (χ4n) is 5.26.